The van der Waals surface area contributed by atoms with E-state index in [1.807, 2.05) is 6.92 Å². The molecule has 1 amide bonds. The number of aryl methyl sites for hydroxylation is 1. The lowest BCUT2D eigenvalue weighted by atomic mass is 10.1. The summed E-state index contributed by atoms with van der Waals surface area (Å²) in [6.45, 7) is 1.88. The standard InChI is InChI=1S/C22H19NO4S/c1-16-12-14-18(15-13-16)21(25)23-22(20(24)17-8-4-2-5-9-17)28(26,27)19-10-6-3-7-11-19/h2-15,22H,1H3,(H,23,25). The lowest BCUT2D eigenvalue weighted by Gasteiger charge is -2.18. The van der Waals surface area contributed by atoms with Crippen molar-refractivity contribution in [2.24, 2.45) is 0 Å². The van der Waals surface area contributed by atoms with Crippen LogP contribution in [0.3, 0.4) is 0 Å². The Morgan fingerprint density at radius 2 is 1.29 bits per heavy atom. The van der Waals surface area contributed by atoms with E-state index in [9.17, 15) is 18.0 Å². The second-order valence-corrected chi connectivity index (χ2v) is 8.34. The Labute approximate surface area is 164 Å². The van der Waals surface area contributed by atoms with Crippen molar-refractivity contribution in [2.75, 3.05) is 0 Å². The monoisotopic (exact) mass is 393 g/mol. The molecule has 3 aromatic carbocycles. The van der Waals surface area contributed by atoms with Crippen LogP contribution in [0.1, 0.15) is 26.3 Å². The number of carbonyl (C=O) groups is 2. The summed E-state index contributed by atoms with van der Waals surface area (Å²) in [5.41, 5.74) is 1.45. The summed E-state index contributed by atoms with van der Waals surface area (Å²) in [6, 6.07) is 22.3. The number of Topliss-reactive ketones (excluding diaryl/α,β-unsaturated/α-hetero) is 1. The van der Waals surface area contributed by atoms with E-state index in [1.165, 1.54) is 24.3 Å². The third kappa shape index (κ3) is 4.18. The molecule has 3 rings (SSSR count). The predicted octanol–water partition coefficient (Wildman–Crippen LogP) is 3.41. The molecule has 0 saturated carbocycles. The third-order valence-corrected chi connectivity index (χ3v) is 6.14. The average molecular weight is 393 g/mol. The molecule has 5 nitrogen and oxygen atoms in total. The minimum Gasteiger partial charge on any atom is -0.329 e. The van der Waals surface area contributed by atoms with Crippen LogP contribution >= 0.6 is 0 Å². The Kier molecular flexibility index (Phi) is 5.70. The number of benzene rings is 3. The van der Waals surface area contributed by atoms with Gasteiger partial charge in [-0.25, -0.2) is 8.42 Å². The van der Waals surface area contributed by atoms with Crippen LogP contribution in [0.2, 0.25) is 0 Å². The summed E-state index contributed by atoms with van der Waals surface area (Å²) in [5, 5.41) is 0.683. The van der Waals surface area contributed by atoms with Crippen molar-refractivity contribution in [1.82, 2.24) is 5.32 Å². The van der Waals surface area contributed by atoms with Crippen LogP contribution in [0.25, 0.3) is 0 Å². The van der Waals surface area contributed by atoms with Crippen molar-refractivity contribution < 1.29 is 18.0 Å². The number of rotatable bonds is 6. The largest absolute Gasteiger partial charge is 0.329 e. The van der Waals surface area contributed by atoms with Crippen LogP contribution in [-0.4, -0.2) is 25.5 Å². The number of sulfone groups is 1. The Morgan fingerprint density at radius 1 is 0.750 bits per heavy atom. The Hall–Kier alpha value is -3.25. The smallest absolute Gasteiger partial charge is 0.252 e. The van der Waals surface area contributed by atoms with Gasteiger partial charge >= 0.3 is 0 Å². The number of hydrogen-bond acceptors (Lipinski definition) is 4. The predicted molar refractivity (Wildman–Crippen MR) is 107 cm³/mol. The van der Waals surface area contributed by atoms with Gasteiger partial charge in [0.05, 0.1) is 4.90 Å². The van der Waals surface area contributed by atoms with Crippen molar-refractivity contribution in [1.29, 1.82) is 0 Å². The quantitative estimate of drug-likeness (QED) is 0.651. The minimum atomic E-state index is -4.14. The number of amides is 1. The topological polar surface area (TPSA) is 80.3 Å². The molecule has 142 valence electrons. The van der Waals surface area contributed by atoms with Gasteiger partial charge in [0, 0.05) is 11.1 Å². The van der Waals surface area contributed by atoms with E-state index in [2.05, 4.69) is 5.32 Å². The molecule has 1 atom stereocenters. The molecular weight excluding hydrogens is 374 g/mol. The fourth-order valence-electron chi connectivity index (χ4n) is 2.69. The second-order valence-electron chi connectivity index (χ2n) is 6.31. The Bertz CT molecular complexity index is 1080. The maximum atomic E-state index is 13.1. The number of carbonyl (C=O) groups excluding carboxylic acids is 2. The van der Waals surface area contributed by atoms with Gasteiger partial charge in [-0.3, -0.25) is 9.59 Å². The first-order valence-corrected chi connectivity index (χ1v) is 10.2. The highest BCUT2D eigenvalue weighted by Crippen LogP contribution is 2.19. The van der Waals surface area contributed by atoms with E-state index in [0.29, 0.717) is 0 Å². The summed E-state index contributed by atoms with van der Waals surface area (Å²) >= 11 is 0. The zero-order chi connectivity index (χ0) is 20.1. The van der Waals surface area contributed by atoms with Crippen LogP contribution in [0, 0.1) is 6.92 Å². The molecule has 1 N–H and O–H groups in total. The normalized spacial score (nSPS) is 12.2. The fourth-order valence-corrected chi connectivity index (χ4v) is 4.18. The fraction of sp³-hybridized carbons (Fsp3) is 0.0909. The Balaban J connectivity index is 2.00. The summed E-state index contributed by atoms with van der Waals surface area (Å²) in [7, 11) is -4.14. The summed E-state index contributed by atoms with van der Waals surface area (Å²) < 4.78 is 26.3. The van der Waals surface area contributed by atoms with Gasteiger partial charge in [0.15, 0.2) is 5.37 Å². The van der Waals surface area contributed by atoms with Gasteiger partial charge in [0.2, 0.25) is 15.6 Å². The summed E-state index contributed by atoms with van der Waals surface area (Å²) in [6.07, 6.45) is 0. The van der Waals surface area contributed by atoms with Crippen molar-refractivity contribution in [2.45, 2.75) is 17.2 Å². The van der Waals surface area contributed by atoms with Crippen molar-refractivity contribution in [3.63, 3.8) is 0 Å². The van der Waals surface area contributed by atoms with E-state index in [-0.39, 0.29) is 16.0 Å². The maximum Gasteiger partial charge on any atom is 0.252 e. The molecule has 0 aromatic heterocycles. The molecule has 0 spiro atoms. The lowest BCUT2D eigenvalue weighted by molar-refractivity contribution is 0.0888. The van der Waals surface area contributed by atoms with Gasteiger partial charge in [-0.05, 0) is 31.2 Å². The zero-order valence-electron chi connectivity index (χ0n) is 15.2. The molecule has 0 bridgehead atoms. The van der Waals surface area contributed by atoms with Gasteiger partial charge in [0.1, 0.15) is 0 Å². The summed E-state index contributed by atoms with van der Waals surface area (Å²) in [5.74, 6) is -1.32. The highest BCUT2D eigenvalue weighted by atomic mass is 32.2. The molecule has 0 heterocycles. The van der Waals surface area contributed by atoms with Crippen molar-refractivity contribution in [3.05, 3.63) is 102 Å². The van der Waals surface area contributed by atoms with Gasteiger partial charge in [-0.2, -0.15) is 0 Å². The summed E-state index contributed by atoms with van der Waals surface area (Å²) in [4.78, 5) is 25.6. The SMILES string of the molecule is Cc1ccc(C(=O)NC(C(=O)c2ccccc2)S(=O)(=O)c2ccccc2)cc1. The number of hydrogen-bond donors (Lipinski definition) is 1. The first-order chi connectivity index (χ1) is 13.4. The van der Waals surface area contributed by atoms with Crippen molar-refractivity contribution >= 4 is 21.5 Å². The number of ketones is 1. The van der Waals surface area contributed by atoms with Gasteiger partial charge in [-0.1, -0.05) is 66.2 Å². The van der Waals surface area contributed by atoms with Gasteiger partial charge in [0.25, 0.3) is 5.91 Å². The maximum absolute atomic E-state index is 13.1. The van der Waals surface area contributed by atoms with Crippen molar-refractivity contribution in [3.8, 4) is 0 Å². The van der Waals surface area contributed by atoms with Crippen LogP contribution in [0.15, 0.2) is 89.8 Å². The molecule has 0 fully saturated rings. The highest BCUT2D eigenvalue weighted by molar-refractivity contribution is 7.92. The molecule has 0 aliphatic rings. The molecule has 3 aromatic rings. The third-order valence-electron chi connectivity index (χ3n) is 4.25. The molecule has 1 unspecified atom stereocenters. The Morgan fingerprint density at radius 3 is 1.86 bits per heavy atom. The van der Waals surface area contributed by atoms with Crippen LogP contribution in [0.5, 0.6) is 0 Å². The molecule has 0 aliphatic heterocycles. The van der Waals surface area contributed by atoms with Gasteiger partial charge in [-0.15, -0.1) is 0 Å². The molecule has 28 heavy (non-hydrogen) atoms. The van der Waals surface area contributed by atoms with Crippen LogP contribution in [0.4, 0.5) is 0 Å². The minimum absolute atomic E-state index is 0.0338. The zero-order valence-corrected chi connectivity index (χ0v) is 16.0. The first kappa shape index (κ1) is 19.5. The second kappa shape index (κ2) is 8.19. The molecule has 0 saturated heterocycles. The lowest BCUT2D eigenvalue weighted by Crippen LogP contribution is -2.46. The molecule has 6 heteroatoms. The number of nitrogens with one attached hydrogen (secondary N) is 1. The van der Waals surface area contributed by atoms with E-state index in [4.69, 9.17) is 0 Å². The average Bonchev–Trinajstić information content (AvgIpc) is 2.73. The van der Waals surface area contributed by atoms with Gasteiger partial charge < -0.3 is 5.32 Å². The van der Waals surface area contributed by atoms with Crippen LogP contribution in [-0.2, 0) is 9.84 Å². The first-order valence-electron chi connectivity index (χ1n) is 8.65. The molecule has 0 radical (unpaired) electrons. The van der Waals surface area contributed by atoms with E-state index >= 15 is 0 Å². The van der Waals surface area contributed by atoms with Crippen LogP contribution < -0.4 is 5.32 Å². The van der Waals surface area contributed by atoms with E-state index in [0.717, 1.165) is 5.56 Å². The van der Waals surface area contributed by atoms with E-state index in [1.54, 1.807) is 60.7 Å². The molecule has 0 aliphatic carbocycles. The molecular formula is C22H19NO4S. The highest BCUT2D eigenvalue weighted by Gasteiger charge is 2.36. The van der Waals surface area contributed by atoms with E-state index < -0.39 is 26.9 Å².